The number of benzene rings is 1. The number of hydrogen-bond donors (Lipinski definition) is 0. The van der Waals surface area contributed by atoms with Crippen LogP contribution in [-0.2, 0) is 21.2 Å². The number of aryl methyl sites for hydroxylation is 1. The molecule has 1 fully saturated rings. The quantitative estimate of drug-likeness (QED) is 0.528. The average Bonchev–Trinajstić information content (AvgIpc) is 3.29. The second kappa shape index (κ2) is 10.2. The lowest BCUT2D eigenvalue weighted by atomic mass is 10.1. The Labute approximate surface area is 189 Å². The third-order valence-corrected chi connectivity index (χ3v) is 8.42. The molecule has 1 aliphatic heterocycles. The molecular weight excluding hydrogens is 432 g/mol. The predicted molar refractivity (Wildman–Crippen MR) is 125 cm³/mol. The van der Waals surface area contributed by atoms with Gasteiger partial charge in [0.1, 0.15) is 0 Å². The summed E-state index contributed by atoms with van der Waals surface area (Å²) in [5, 5.41) is 9.49. The highest BCUT2D eigenvalue weighted by molar-refractivity contribution is 7.99. The first kappa shape index (κ1) is 23.8. The molecule has 1 aliphatic rings. The molecule has 2 atom stereocenters. The molecule has 1 aromatic heterocycles. The van der Waals surface area contributed by atoms with Crippen molar-refractivity contribution in [3.63, 3.8) is 0 Å². The molecule has 3 rings (SSSR count). The molecule has 2 aromatic rings. The molecular formula is C22H32N4O3S2. The third-order valence-electron chi connectivity index (χ3n) is 5.72. The molecule has 1 amide bonds. The lowest BCUT2D eigenvalue weighted by Gasteiger charge is -2.33. The Balaban J connectivity index is 1.78. The van der Waals surface area contributed by atoms with Crippen LogP contribution in [0.1, 0.15) is 45.6 Å². The van der Waals surface area contributed by atoms with E-state index in [1.165, 1.54) is 11.8 Å². The van der Waals surface area contributed by atoms with Gasteiger partial charge in [-0.3, -0.25) is 4.79 Å². The highest BCUT2D eigenvalue weighted by atomic mass is 32.2. The Morgan fingerprint density at radius 3 is 2.71 bits per heavy atom. The summed E-state index contributed by atoms with van der Waals surface area (Å²) in [6.07, 6.45) is 2.24. The number of rotatable bonds is 9. The smallest absolute Gasteiger partial charge is 0.233 e. The van der Waals surface area contributed by atoms with Gasteiger partial charge in [0.15, 0.2) is 20.8 Å². The first-order valence-corrected chi connectivity index (χ1v) is 13.7. The van der Waals surface area contributed by atoms with E-state index in [9.17, 15) is 13.2 Å². The summed E-state index contributed by atoms with van der Waals surface area (Å²) in [6.45, 7) is 8.93. The van der Waals surface area contributed by atoms with E-state index in [1.807, 2.05) is 39.0 Å². The Morgan fingerprint density at radius 1 is 1.32 bits per heavy atom. The number of amides is 1. The molecule has 0 spiro atoms. The molecule has 2 unspecified atom stereocenters. The largest absolute Gasteiger partial charge is 0.335 e. The number of nitrogens with zero attached hydrogens (tertiary/aromatic N) is 4. The maximum atomic E-state index is 13.2. The summed E-state index contributed by atoms with van der Waals surface area (Å²) in [7, 11) is -3.05. The van der Waals surface area contributed by atoms with E-state index in [-0.39, 0.29) is 35.2 Å². The van der Waals surface area contributed by atoms with Gasteiger partial charge in [-0.15, -0.1) is 10.2 Å². The molecule has 9 heteroatoms. The van der Waals surface area contributed by atoms with Gasteiger partial charge in [-0.25, -0.2) is 8.42 Å². The fourth-order valence-corrected chi connectivity index (χ4v) is 6.57. The molecule has 2 heterocycles. The Morgan fingerprint density at radius 2 is 2.10 bits per heavy atom. The van der Waals surface area contributed by atoms with Crippen LogP contribution in [0.25, 0.3) is 11.4 Å². The van der Waals surface area contributed by atoms with Crippen LogP contribution in [0.2, 0.25) is 0 Å². The summed E-state index contributed by atoms with van der Waals surface area (Å²) in [5.41, 5.74) is 2.17. The lowest BCUT2D eigenvalue weighted by molar-refractivity contribution is -0.132. The Hall–Kier alpha value is -1.87. The van der Waals surface area contributed by atoms with Crippen molar-refractivity contribution < 1.29 is 13.2 Å². The van der Waals surface area contributed by atoms with Crippen molar-refractivity contribution in [1.29, 1.82) is 0 Å². The van der Waals surface area contributed by atoms with Crippen molar-refractivity contribution >= 4 is 27.5 Å². The number of hydrogen-bond acceptors (Lipinski definition) is 6. The molecule has 1 saturated heterocycles. The van der Waals surface area contributed by atoms with Crippen molar-refractivity contribution in [1.82, 2.24) is 19.7 Å². The molecule has 0 radical (unpaired) electrons. The van der Waals surface area contributed by atoms with Gasteiger partial charge < -0.3 is 9.47 Å². The molecule has 1 aromatic carbocycles. The van der Waals surface area contributed by atoms with Gasteiger partial charge >= 0.3 is 0 Å². The molecule has 0 aliphatic carbocycles. The zero-order valence-corrected chi connectivity index (χ0v) is 20.4. The van der Waals surface area contributed by atoms with E-state index in [0.29, 0.717) is 6.42 Å². The van der Waals surface area contributed by atoms with E-state index in [4.69, 9.17) is 0 Å². The number of carbonyl (C=O) groups is 1. The number of aromatic nitrogens is 3. The zero-order chi connectivity index (χ0) is 22.6. The summed E-state index contributed by atoms with van der Waals surface area (Å²) in [5.74, 6) is 1.22. The summed E-state index contributed by atoms with van der Waals surface area (Å²) in [6, 6.07) is 7.93. The normalized spacial score (nSPS) is 18.8. The number of thioether (sulfide) groups is 1. The second-order valence-corrected chi connectivity index (χ2v) is 11.4. The Bertz CT molecular complexity index is 1020. The number of sulfone groups is 1. The van der Waals surface area contributed by atoms with E-state index in [2.05, 4.69) is 27.8 Å². The number of carbonyl (C=O) groups excluding carboxylic acids is 1. The minimum Gasteiger partial charge on any atom is -0.335 e. The highest BCUT2D eigenvalue weighted by Gasteiger charge is 2.36. The Kier molecular flexibility index (Phi) is 7.80. The second-order valence-electron chi connectivity index (χ2n) is 8.23. The van der Waals surface area contributed by atoms with E-state index in [1.54, 1.807) is 4.90 Å². The molecule has 7 nitrogen and oxygen atoms in total. The van der Waals surface area contributed by atoms with Gasteiger partial charge in [-0.05, 0) is 39.2 Å². The monoisotopic (exact) mass is 464 g/mol. The van der Waals surface area contributed by atoms with E-state index in [0.717, 1.165) is 41.5 Å². The van der Waals surface area contributed by atoms with E-state index < -0.39 is 9.84 Å². The lowest BCUT2D eigenvalue weighted by Crippen LogP contribution is -2.47. The fraction of sp³-hybridized carbons (Fsp3) is 0.591. The summed E-state index contributed by atoms with van der Waals surface area (Å²) < 4.78 is 26.0. The van der Waals surface area contributed by atoms with Crippen LogP contribution in [0, 0.1) is 6.92 Å². The molecule has 0 N–H and O–H groups in total. The minimum absolute atomic E-state index is 0.00256. The third kappa shape index (κ3) is 5.68. The van der Waals surface area contributed by atoms with Crippen LogP contribution in [0.5, 0.6) is 0 Å². The van der Waals surface area contributed by atoms with Crippen molar-refractivity contribution in [2.45, 2.75) is 70.7 Å². The molecule has 170 valence electrons. The average molecular weight is 465 g/mol. The standard InChI is InChI=1S/C22H32N4O3S2/c1-5-11-25-21(18-9-7-8-16(3)13-18)23-24-22(25)30-14-20(27)26(17(4)6-2)19-10-12-31(28,29)15-19/h7-9,13,17,19H,5-6,10-12,14-15H2,1-4H3. The van der Waals surface area contributed by atoms with Crippen molar-refractivity contribution in [2.75, 3.05) is 17.3 Å². The highest BCUT2D eigenvalue weighted by Crippen LogP contribution is 2.27. The predicted octanol–water partition coefficient (Wildman–Crippen LogP) is 3.57. The van der Waals surface area contributed by atoms with Gasteiger partial charge in [0.05, 0.1) is 17.3 Å². The van der Waals surface area contributed by atoms with Crippen LogP contribution in [0.3, 0.4) is 0 Å². The van der Waals surface area contributed by atoms with Gasteiger partial charge in [-0.2, -0.15) is 0 Å². The molecule has 0 saturated carbocycles. The van der Waals surface area contributed by atoms with Crippen LogP contribution >= 0.6 is 11.8 Å². The first-order chi connectivity index (χ1) is 14.8. The molecule has 0 bridgehead atoms. The van der Waals surface area contributed by atoms with Gasteiger partial charge in [0.25, 0.3) is 0 Å². The fourth-order valence-electron chi connectivity index (χ4n) is 4.02. The van der Waals surface area contributed by atoms with Gasteiger partial charge in [0.2, 0.25) is 5.91 Å². The SMILES string of the molecule is CCCn1c(SCC(=O)N(C(C)CC)C2CCS(=O)(=O)C2)nnc1-c1cccc(C)c1. The van der Waals surface area contributed by atoms with Crippen molar-refractivity contribution in [3.05, 3.63) is 29.8 Å². The minimum atomic E-state index is -3.05. The summed E-state index contributed by atoms with van der Waals surface area (Å²) in [4.78, 5) is 14.9. The van der Waals surface area contributed by atoms with E-state index >= 15 is 0 Å². The van der Waals surface area contributed by atoms with Crippen molar-refractivity contribution in [2.24, 2.45) is 0 Å². The molecule has 31 heavy (non-hydrogen) atoms. The van der Waals surface area contributed by atoms with Crippen molar-refractivity contribution in [3.8, 4) is 11.4 Å². The van der Waals surface area contributed by atoms with Crippen LogP contribution in [0.4, 0.5) is 0 Å². The van der Waals surface area contributed by atoms with Gasteiger partial charge in [0, 0.05) is 24.2 Å². The van der Waals surface area contributed by atoms with Crippen LogP contribution in [-0.4, -0.2) is 63.3 Å². The summed E-state index contributed by atoms with van der Waals surface area (Å²) >= 11 is 1.38. The maximum absolute atomic E-state index is 13.2. The van der Waals surface area contributed by atoms with Gasteiger partial charge in [-0.1, -0.05) is 49.4 Å². The van der Waals surface area contributed by atoms with Crippen LogP contribution < -0.4 is 0 Å². The van der Waals surface area contributed by atoms with Crippen LogP contribution in [0.15, 0.2) is 29.4 Å². The topological polar surface area (TPSA) is 85.2 Å². The maximum Gasteiger partial charge on any atom is 0.233 e. The zero-order valence-electron chi connectivity index (χ0n) is 18.7. The first-order valence-electron chi connectivity index (χ1n) is 10.9.